The molecule has 0 aromatic heterocycles. The van der Waals surface area contributed by atoms with Crippen molar-refractivity contribution >= 4 is 46.9 Å². The Morgan fingerprint density at radius 1 is 0.773 bits per heavy atom. The molecule has 0 fully saturated rings. The minimum Gasteiger partial charge on any atom is -0.494 e. The van der Waals surface area contributed by atoms with Gasteiger partial charge in [-0.15, -0.1) is 11.8 Å². The summed E-state index contributed by atoms with van der Waals surface area (Å²) in [5.41, 5.74) is 2.39. The number of rotatable bonds is 13. The van der Waals surface area contributed by atoms with E-state index in [0.717, 1.165) is 10.5 Å². The number of thioether (sulfide) groups is 1. The number of ether oxygens (including phenoxy) is 2. The van der Waals surface area contributed by atoms with Crippen molar-refractivity contribution in [2.24, 2.45) is 0 Å². The van der Waals surface area contributed by atoms with Gasteiger partial charge in [-0.25, -0.2) is 0 Å². The maximum Gasteiger partial charge on any atom is 0.272 e. The van der Waals surface area contributed by atoms with Gasteiger partial charge in [0.25, 0.3) is 11.8 Å². The van der Waals surface area contributed by atoms with Crippen LogP contribution in [0, 0.1) is 0 Å². The van der Waals surface area contributed by atoms with E-state index >= 15 is 0 Å². The number of carbonyl (C=O) groups is 3. The van der Waals surface area contributed by atoms with Crippen molar-refractivity contribution in [2.75, 3.05) is 23.8 Å². The Balaban J connectivity index is 1.43. The summed E-state index contributed by atoms with van der Waals surface area (Å²) in [6.07, 6.45) is 1.61. The van der Waals surface area contributed by atoms with Crippen LogP contribution in [0.5, 0.6) is 11.5 Å². The Kier molecular flexibility index (Phi) is 11.6. The first-order valence-electron chi connectivity index (χ1n) is 14.3. The molecule has 3 amide bonds. The highest BCUT2D eigenvalue weighted by Crippen LogP contribution is 2.28. The van der Waals surface area contributed by atoms with Crippen LogP contribution < -0.4 is 25.4 Å². The zero-order valence-electron chi connectivity index (χ0n) is 24.8. The van der Waals surface area contributed by atoms with Gasteiger partial charge in [0.1, 0.15) is 17.2 Å². The predicted octanol–water partition coefficient (Wildman–Crippen LogP) is 7.01. The third kappa shape index (κ3) is 9.24. The van der Waals surface area contributed by atoms with Crippen molar-refractivity contribution < 1.29 is 23.9 Å². The number of hydrogen-bond donors (Lipinski definition) is 3. The standard InChI is InChI=1S/C35H35N3O5S/c1-4-42-28-19-15-25(16-20-28)23-31(38-34(40)26-11-7-6-8-12-26)35(41)36-27-17-21-29(22-18-27)44-24(3)33(39)37-30-13-9-10-14-32(30)43-5-2/h6-24H,4-5H2,1-3H3,(H,36,41)(H,37,39)(H,38,40)/b31-23-. The van der Waals surface area contributed by atoms with Crippen molar-refractivity contribution in [3.63, 3.8) is 0 Å². The highest BCUT2D eigenvalue weighted by Gasteiger charge is 2.18. The molecule has 0 saturated carbocycles. The quantitative estimate of drug-likeness (QED) is 0.111. The van der Waals surface area contributed by atoms with Crippen LogP contribution in [0.1, 0.15) is 36.7 Å². The maximum absolute atomic E-state index is 13.4. The van der Waals surface area contributed by atoms with E-state index in [2.05, 4.69) is 16.0 Å². The Hall–Kier alpha value is -5.02. The number of nitrogens with one attached hydrogen (secondary N) is 3. The van der Waals surface area contributed by atoms with E-state index in [4.69, 9.17) is 9.47 Å². The monoisotopic (exact) mass is 609 g/mol. The molecule has 0 heterocycles. The van der Waals surface area contributed by atoms with Crippen LogP contribution in [0.25, 0.3) is 6.08 Å². The van der Waals surface area contributed by atoms with Crippen LogP contribution in [-0.4, -0.2) is 36.2 Å². The fourth-order valence-corrected chi connectivity index (χ4v) is 4.96. The minimum absolute atomic E-state index is 0.0825. The van der Waals surface area contributed by atoms with E-state index in [1.54, 1.807) is 60.7 Å². The summed E-state index contributed by atoms with van der Waals surface area (Å²) in [7, 11) is 0. The zero-order valence-corrected chi connectivity index (χ0v) is 25.6. The van der Waals surface area contributed by atoms with Crippen LogP contribution in [0.3, 0.4) is 0 Å². The van der Waals surface area contributed by atoms with Gasteiger partial charge in [0.2, 0.25) is 5.91 Å². The molecule has 4 aromatic rings. The molecule has 0 spiro atoms. The Morgan fingerprint density at radius 3 is 2.11 bits per heavy atom. The van der Waals surface area contributed by atoms with Crippen molar-refractivity contribution in [1.82, 2.24) is 5.32 Å². The second-order valence-electron chi connectivity index (χ2n) is 9.54. The van der Waals surface area contributed by atoms with Gasteiger partial charge in [0.05, 0.1) is 24.2 Å². The molecule has 4 rings (SSSR count). The van der Waals surface area contributed by atoms with E-state index in [1.807, 2.05) is 69.3 Å². The van der Waals surface area contributed by atoms with Gasteiger partial charge in [-0.05, 0) is 93.1 Å². The highest BCUT2D eigenvalue weighted by atomic mass is 32.2. The first-order valence-corrected chi connectivity index (χ1v) is 15.2. The second kappa shape index (κ2) is 16.0. The molecule has 0 bridgehead atoms. The molecule has 8 nitrogen and oxygen atoms in total. The molecular formula is C35H35N3O5S. The maximum atomic E-state index is 13.4. The number of para-hydroxylation sites is 2. The molecule has 44 heavy (non-hydrogen) atoms. The normalized spacial score (nSPS) is 11.7. The molecule has 0 saturated heterocycles. The lowest BCUT2D eigenvalue weighted by atomic mass is 10.1. The van der Waals surface area contributed by atoms with Crippen LogP contribution >= 0.6 is 11.8 Å². The van der Waals surface area contributed by atoms with E-state index in [9.17, 15) is 14.4 Å². The number of carbonyl (C=O) groups excluding carboxylic acids is 3. The first kappa shape index (κ1) is 31.9. The number of anilines is 2. The lowest BCUT2D eigenvalue weighted by Crippen LogP contribution is -2.30. The minimum atomic E-state index is -0.482. The van der Waals surface area contributed by atoms with Gasteiger partial charge in [0, 0.05) is 16.1 Å². The van der Waals surface area contributed by atoms with Gasteiger partial charge in [0.15, 0.2) is 0 Å². The van der Waals surface area contributed by atoms with Crippen molar-refractivity contribution in [3.05, 3.63) is 120 Å². The largest absolute Gasteiger partial charge is 0.494 e. The molecule has 0 aliphatic carbocycles. The third-order valence-electron chi connectivity index (χ3n) is 6.27. The van der Waals surface area contributed by atoms with E-state index in [1.165, 1.54) is 11.8 Å². The highest BCUT2D eigenvalue weighted by molar-refractivity contribution is 8.00. The Morgan fingerprint density at radius 2 is 1.43 bits per heavy atom. The Labute approximate surface area is 261 Å². The van der Waals surface area contributed by atoms with E-state index in [-0.39, 0.29) is 16.9 Å². The molecule has 0 aliphatic rings. The SMILES string of the molecule is CCOc1ccc(/C=C(\NC(=O)c2ccccc2)C(=O)Nc2ccc(SC(C)C(=O)Nc3ccccc3OCC)cc2)cc1. The molecule has 0 aliphatic heterocycles. The lowest BCUT2D eigenvalue weighted by Gasteiger charge is -2.15. The average Bonchev–Trinajstić information content (AvgIpc) is 3.04. The Bertz CT molecular complexity index is 1590. The van der Waals surface area contributed by atoms with Crippen LogP contribution in [0.2, 0.25) is 0 Å². The van der Waals surface area contributed by atoms with Crippen molar-refractivity contribution in [1.29, 1.82) is 0 Å². The van der Waals surface area contributed by atoms with Crippen molar-refractivity contribution in [3.8, 4) is 11.5 Å². The van der Waals surface area contributed by atoms with Crippen molar-refractivity contribution in [2.45, 2.75) is 30.9 Å². The van der Waals surface area contributed by atoms with Crippen LogP contribution in [0.4, 0.5) is 11.4 Å². The molecular weight excluding hydrogens is 574 g/mol. The summed E-state index contributed by atoms with van der Waals surface area (Å²) in [5, 5.41) is 8.15. The van der Waals surface area contributed by atoms with Gasteiger partial charge in [-0.2, -0.15) is 0 Å². The van der Waals surface area contributed by atoms with E-state index in [0.29, 0.717) is 41.7 Å². The first-order chi connectivity index (χ1) is 21.4. The summed E-state index contributed by atoms with van der Waals surface area (Å²) in [6, 6.07) is 30.4. The molecule has 4 aromatic carbocycles. The fourth-order valence-electron chi connectivity index (χ4n) is 4.09. The summed E-state index contributed by atoms with van der Waals surface area (Å²) >= 11 is 1.39. The zero-order chi connectivity index (χ0) is 31.3. The molecule has 226 valence electrons. The molecule has 1 atom stereocenters. The number of hydrogen-bond acceptors (Lipinski definition) is 6. The van der Waals surface area contributed by atoms with Crippen LogP contribution in [-0.2, 0) is 9.59 Å². The van der Waals surface area contributed by atoms with Gasteiger partial charge < -0.3 is 25.4 Å². The molecule has 3 N–H and O–H groups in total. The predicted molar refractivity (Wildman–Crippen MR) is 176 cm³/mol. The second-order valence-corrected chi connectivity index (χ2v) is 11.0. The number of amides is 3. The summed E-state index contributed by atoms with van der Waals surface area (Å²) in [4.78, 5) is 40.0. The molecule has 0 radical (unpaired) electrons. The summed E-state index contributed by atoms with van der Waals surface area (Å²) in [6.45, 7) is 6.67. The molecule has 9 heteroatoms. The lowest BCUT2D eigenvalue weighted by molar-refractivity contribution is -0.115. The molecule has 1 unspecified atom stereocenters. The third-order valence-corrected chi connectivity index (χ3v) is 7.38. The van der Waals surface area contributed by atoms with Gasteiger partial charge in [-0.3, -0.25) is 14.4 Å². The van der Waals surface area contributed by atoms with Crippen LogP contribution in [0.15, 0.2) is 114 Å². The summed E-state index contributed by atoms with van der Waals surface area (Å²) in [5.74, 6) is 0.295. The average molecular weight is 610 g/mol. The topological polar surface area (TPSA) is 106 Å². The number of benzene rings is 4. The van der Waals surface area contributed by atoms with Gasteiger partial charge in [-0.1, -0.05) is 42.5 Å². The summed E-state index contributed by atoms with van der Waals surface area (Å²) < 4.78 is 11.1. The smallest absolute Gasteiger partial charge is 0.272 e. The van der Waals surface area contributed by atoms with Gasteiger partial charge >= 0.3 is 0 Å². The fraction of sp³-hybridized carbons (Fsp3) is 0.171. The van der Waals surface area contributed by atoms with E-state index < -0.39 is 11.8 Å².